The van der Waals surface area contributed by atoms with Crippen LogP contribution < -0.4 is 0 Å². The van der Waals surface area contributed by atoms with Crippen molar-refractivity contribution in [2.45, 2.75) is 9.72 Å². The topological polar surface area (TPSA) is 17.1 Å². The summed E-state index contributed by atoms with van der Waals surface area (Å²) in [5.74, 6) is 0.942. The summed E-state index contributed by atoms with van der Waals surface area (Å²) in [6.45, 7) is 0. The molecule has 1 aromatic carbocycles. The number of fused-ring (bicyclic) bond motifs is 1. The van der Waals surface area contributed by atoms with Gasteiger partial charge in [0, 0.05) is 21.2 Å². The molecule has 4 heteroatoms. The van der Waals surface area contributed by atoms with Gasteiger partial charge in [-0.1, -0.05) is 27.5 Å². The SMILES string of the molecule is O=C1c2ccc(Cl)cc2SCC1Br. The lowest BCUT2D eigenvalue weighted by Crippen LogP contribution is -2.21. The zero-order chi connectivity index (χ0) is 9.42. The molecule has 2 rings (SSSR count). The van der Waals surface area contributed by atoms with Gasteiger partial charge in [-0.05, 0) is 18.2 Å². The summed E-state index contributed by atoms with van der Waals surface area (Å²) in [6, 6.07) is 5.39. The average molecular weight is 278 g/mol. The van der Waals surface area contributed by atoms with Gasteiger partial charge in [0.15, 0.2) is 5.78 Å². The van der Waals surface area contributed by atoms with E-state index in [1.165, 1.54) is 0 Å². The Morgan fingerprint density at radius 1 is 1.54 bits per heavy atom. The number of alkyl halides is 1. The number of hydrogen-bond donors (Lipinski definition) is 0. The summed E-state index contributed by atoms with van der Waals surface area (Å²) in [6.07, 6.45) is 0. The van der Waals surface area contributed by atoms with Crippen LogP contribution in [0.3, 0.4) is 0 Å². The molecule has 0 aromatic heterocycles. The Bertz CT molecular complexity index is 367. The number of thioether (sulfide) groups is 1. The highest BCUT2D eigenvalue weighted by atomic mass is 79.9. The van der Waals surface area contributed by atoms with Gasteiger partial charge in [-0.25, -0.2) is 0 Å². The van der Waals surface area contributed by atoms with Crippen LogP contribution in [0.1, 0.15) is 10.4 Å². The minimum Gasteiger partial charge on any atom is -0.293 e. The number of hydrogen-bond acceptors (Lipinski definition) is 2. The highest BCUT2D eigenvalue weighted by Crippen LogP contribution is 2.34. The maximum absolute atomic E-state index is 11.6. The molecule has 0 spiro atoms. The van der Waals surface area contributed by atoms with Crippen molar-refractivity contribution in [1.29, 1.82) is 0 Å². The first-order chi connectivity index (χ1) is 6.18. The van der Waals surface area contributed by atoms with Crippen LogP contribution in [0.15, 0.2) is 23.1 Å². The van der Waals surface area contributed by atoms with Gasteiger partial charge in [-0.3, -0.25) is 4.79 Å². The van der Waals surface area contributed by atoms with E-state index in [-0.39, 0.29) is 10.6 Å². The van der Waals surface area contributed by atoms with E-state index < -0.39 is 0 Å². The Balaban J connectivity index is 2.50. The normalized spacial score (nSPS) is 21.4. The third kappa shape index (κ3) is 1.78. The van der Waals surface area contributed by atoms with Crippen molar-refractivity contribution >= 4 is 45.1 Å². The molecule has 0 radical (unpaired) electrons. The highest BCUT2D eigenvalue weighted by molar-refractivity contribution is 9.10. The molecule has 0 bridgehead atoms. The van der Waals surface area contributed by atoms with E-state index in [1.807, 2.05) is 6.07 Å². The van der Waals surface area contributed by atoms with Crippen molar-refractivity contribution < 1.29 is 4.79 Å². The molecule has 0 saturated carbocycles. The molecule has 0 amide bonds. The van der Waals surface area contributed by atoms with Crippen molar-refractivity contribution in [3.05, 3.63) is 28.8 Å². The molecule has 1 aliphatic heterocycles. The van der Waals surface area contributed by atoms with E-state index in [2.05, 4.69) is 15.9 Å². The Hall–Kier alpha value is 0.01000. The Labute approximate surface area is 94.0 Å². The van der Waals surface area contributed by atoms with Gasteiger partial charge >= 0.3 is 0 Å². The predicted molar refractivity (Wildman–Crippen MR) is 59.2 cm³/mol. The molecule has 0 saturated heterocycles. The first kappa shape index (κ1) is 9.56. The summed E-state index contributed by atoms with van der Waals surface area (Å²) in [5.41, 5.74) is 0.780. The van der Waals surface area contributed by atoms with Gasteiger partial charge in [-0.2, -0.15) is 0 Å². The smallest absolute Gasteiger partial charge is 0.178 e. The average Bonchev–Trinajstić information content (AvgIpc) is 2.12. The van der Waals surface area contributed by atoms with Crippen LogP contribution in [0.4, 0.5) is 0 Å². The second-order valence-electron chi connectivity index (χ2n) is 2.78. The van der Waals surface area contributed by atoms with Crippen molar-refractivity contribution in [3.8, 4) is 0 Å². The van der Waals surface area contributed by atoms with Crippen LogP contribution in [0.2, 0.25) is 5.02 Å². The minimum atomic E-state index is -0.0498. The van der Waals surface area contributed by atoms with Crippen LogP contribution in [0, 0.1) is 0 Å². The number of rotatable bonds is 0. The maximum atomic E-state index is 11.6. The second-order valence-corrected chi connectivity index (χ2v) is 5.39. The van der Waals surface area contributed by atoms with Crippen LogP contribution in [0.5, 0.6) is 0 Å². The zero-order valence-electron chi connectivity index (χ0n) is 6.59. The van der Waals surface area contributed by atoms with Gasteiger partial charge in [0.25, 0.3) is 0 Å². The van der Waals surface area contributed by atoms with E-state index in [4.69, 9.17) is 11.6 Å². The fraction of sp³-hybridized carbons (Fsp3) is 0.222. The number of benzene rings is 1. The maximum Gasteiger partial charge on any atom is 0.178 e. The number of carbonyl (C=O) groups is 1. The first-order valence-electron chi connectivity index (χ1n) is 3.79. The lowest BCUT2D eigenvalue weighted by Gasteiger charge is -2.18. The molecule has 1 aromatic rings. The summed E-state index contributed by atoms with van der Waals surface area (Å²) in [7, 11) is 0. The number of ketones is 1. The third-order valence-corrected chi connectivity index (χ3v) is 4.43. The molecule has 0 N–H and O–H groups in total. The largest absolute Gasteiger partial charge is 0.293 e. The van der Waals surface area contributed by atoms with Gasteiger partial charge in [0.2, 0.25) is 0 Å². The number of carbonyl (C=O) groups excluding carboxylic acids is 1. The van der Waals surface area contributed by atoms with Crippen LogP contribution in [0.25, 0.3) is 0 Å². The Morgan fingerprint density at radius 2 is 2.31 bits per heavy atom. The molecule has 1 heterocycles. The molecular formula is C9H6BrClOS. The quantitative estimate of drug-likeness (QED) is 0.676. The number of Topliss-reactive ketones (excluding diaryl/α,β-unsaturated/α-hetero) is 1. The third-order valence-electron chi connectivity index (χ3n) is 1.88. The Morgan fingerprint density at radius 3 is 3.08 bits per heavy atom. The summed E-state index contributed by atoms with van der Waals surface area (Å²) >= 11 is 10.8. The van der Waals surface area contributed by atoms with Crippen molar-refractivity contribution in [1.82, 2.24) is 0 Å². The molecular weight excluding hydrogens is 272 g/mol. The van der Waals surface area contributed by atoms with Gasteiger partial charge < -0.3 is 0 Å². The summed E-state index contributed by atoms with van der Waals surface area (Å²) < 4.78 is 0. The zero-order valence-corrected chi connectivity index (χ0v) is 9.75. The molecule has 1 unspecified atom stereocenters. The van der Waals surface area contributed by atoms with Gasteiger partial charge in [0.05, 0.1) is 4.83 Å². The van der Waals surface area contributed by atoms with Crippen molar-refractivity contribution in [2.75, 3.05) is 5.75 Å². The molecule has 1 aliphatic rings. The predicted octanol–water partition coefficient (Wildman–Crippen LogP) is 3.39. The standard InChI is InChI=1S/C9H6BrClOS/c10-7-4-13-8-3-5(11)1-2-6(8)9(7)12/h1-3,7H,4H2. The van der Waals surface area contributed by atoms with E-state index in [1.54, 1.807) is 23.9 Å². The minimum absolute atomic E-state index is 0.0498. The Kier molecular flexibility index (Phi) is 2.67. The second kappa shape index (κ2) is 3.64. The molecule has 13 heavy (non-hydrogen) atoms. The lowest BCUT2D eigenvalue weighted by molar-refractivity contribution is 0.0992. The van der Waals surface area contributed by atoms with E-state index in [0.29, 0.717) is 5.02 Å². The highest BCUT2D eigenvalue weighted by Gasteiger charge is 2.25. The van der Waals surface area contributed by atoms with Crippen molar-refractivity contribution in [2.24, 2.45) is 0 Å². The van der Waals surface area contributed by atoms with Crippen LogP contribution in [-0.2, 0) is 0 Å². The van der Waals surface area contributed by atoms with Gasteiger partial charge in [-0.15, -0.1) is 11.8 Å². The summed E-state index contributed by atoms with van der Waals surface area (Å²) in [4.78, 5) is 12.6. The van der Waals surface area contributed by atoms with E-state index >= 15 is 0 Å². The molecule has 0 fully saturated rings. The summed E-state index contributed by atoms with van der Waals surface area (Å²) in [5, 5.41) is 0.687. The fourth-order valence-corrected chi connectivity index (χ4v) is 3.12. The van der Waals surface area contributed by atoms with Crippen LogP contribution >= 0.6 is 39.3 Å². The van der Waals surface area contributed by atoms with Crippen LogP contribution in [-0.4, -0.2) is 16.4 Å². The molecule has 1 nitrogen and oxygen atoms in total. The lowest BCUT2D eigenvalue weighted by atomic mass is 10.1. The monoisotopic (exact) mass is 276 g/mol. The first-order valence-corrected chi connectivity index (χ1v) is 6.07. The molecule has 1 atom stereocenters. The number of halogens is 2. The van der Waals surface area contributed by atoms with E-state index in [0.717, 1.165) is 16.2 Å². The molecule has 0 aliphatic carbocycles. The fourth-order valence-electron chi connectivity index (χ4n) is 1.23. The van der Waals surface area contributed by atoms with E-state index in [9.17, 15) is 4.79 Å². The molecule has 68 valence electrons. The van der Waals surface area contributed by atoms with Crippen molar-refractivity contribution in [3.63, 3.8) is 0 Å². The van der Waals surface area contributed by atoms with Gasteiger partial charge in [0.1, 0.15) is 0 Å².